The molecule has 0 N–H and O–H groups in total. The van der Waals surface area contributed by atoms with Crippen LogP contribution in [0.1, 0.15) is 91.4 Å². The third-order valence-corrected chi connectivity index (χ3v) is 3.66. The third-order valence-electron chi connectivity index (χ3n) is 3.66. The number of rotatable bonds is 12. The highest BCUT2D eigenvalue weighted by atomic mass is 14.1. The average Bonchev–Trinajstić information content (AvgIpc) is 2.32. The van der Waals surface area contributed by atoms with Gasteiger partial charge in [-0.1, -0.05) is 91.4 Å². The van der Waals surface area contributed by atoms with Crippen molar-refractivity contribution in [2.24, 2.45) is 5.92 Å². The van der Waals surface area contributed by atoms with Gasteiger partial charge in [-0.25, -0.2) is 0 Å². The predicted octanol–water partition coefficient (Wildman–Crippen LogP) is 6.16. The molecule has 0 saturated heterocycles. The van der Waals surface area contributed by atoms with E-state index in [4.69, 9.17) is 0 Å². The Balaban J connectivity index is 3.20. The maximum absolute atomic E-state index is 2.35. The summed E-state index contributed by atoms with van der Waals surface area (Å²) in [6.45, 7) is 6.82. The Morgan fingerprint density at radius 3 is 2.00 bits per heavy atom. The van der Waals surface area contributed by atoms with E-state index < -0.39 is 0 Å². The van der Waals surface area contributed by atoms with E-state index in [1.54, 1.807) is 0 Å². The number of hydrogen-bond acceptors (Lipinski definition) is 0. The molecule has 1 atom stereocenters. The molecule has 0 aromatic rings. The fraction of sp³-hybridized carbons (Fsp3) is 0.938. The summed E-state index contributed by atoms with van der Waals surface area (Å²) in [5.74, 6) is 0.992. The molecule has 16 heavy (non-hydrogen) atoms. The first-order valence-corrected chi connectivity index (χ1v) is 7.62. The highest BCUT2D eigenvalue weighted by Gasteiger charge is 2.04. The lowest BCUT2D eigenvalue weighted by Crippen LogP contribution is -1.98. The van der Waals surface area contributed by atoms with Crippen LogP contribution in [0.25, 0.3) is 0 Å². The first-order chi connectivity index (χ1) is 7.85. The van der Waals surface area contributed by atoms with Crippen LogP contribution in [0.5, 0.6) is 0 Å². The summed E-state index contributed by atoms with van der Waals surface area (Å²) in [6, 6.07) is 0. The van der Waals surface area contributed by atoms with Crippen LogP contribution in [0.15, 0.2) is 0 Å². The van der Waals surface area contributed by atoms with Gasteiger partial charge in [-0.3, -0.25) is 0 Å². The normalized spacial score (nSPS) is 12.9. The molecular formula is C16H33. The van der Waals surface area contributed by atoms with Gasteiger partial charge in [0.25, 0.3) is 0 Å². The maximum atomic E-state index is 2.35. The second kappa shape index (κ2) is 13.1. The molecular weight excluding hydrogens is 192 g/mol. The van der Waals surface area contributed by atoms with Crippen molar-refractivity contribution >= 4 is 0 Å². The van der Waals surface area contributed by atoms with Crippen LogP contribution < -0.4 is 0 Å². The fourth-order valence-electron chi connectivity index (χ4n) is 2.35. The van der Waals surface area contributed by atoms with Crippen molar-refractivity contribution < 1.29 is 0 Å². The summed E-state index contributed by atoms with van der Waals surface area (Å²) >= 11 is 0. The van der Waals surface area contributed by atoms with Gasteiger partial charge in [-0.2, -0.15) is 0 Å². The molecule has 0 aliphatic heterocycles. The van der Waals surface area contributed by atoms with Crippen molar-refractivity contribution in [3.8, 4) is 0 Å². The van der Waals surface area contributed by atoms with E-state index in [9.17, 15) is 0 Å². The number of hydrogen-bond donors (Lipinski definition) is 0. The van der Waals surface area contributed by atoms with Crippen LogP contribution in [-0.2, 0) is 0 Å². The van der Waals surface area contributed by atoms with Gasteiger partial charge in [0.1, 0.15) is 0 Å². The van der Waals surface area contributed by atoms with Gasteiger partial charge in [-0.15, -0.1) is 0 Å². The maximum Gasteiger partial charge on any atom is -0.0417 e. The Bertz CT molecular complexity index is 117. The molecule has 0 aromatic heterocycles. The van der Waals surface area contributed by atoms with Crippen molar-refractivity contribution in [3.63, 3.8) is 0 Å². The Morgan fingerprint density at radius 1 is 0.812 bits per heavy atom. The van der Waals surface area contributed by atoms with Gasteiger partial charge in [0.2, 0.25) is 0 Å². The fourth-order valence-corrected chi connectivity index (χ4v) is 2.35. The molecule has 0 heterocycles. The summed E-state index contributed by atoms with van der Waals surface area (Å²) in [4.78, 5) is 0. The lowest BCUT2D eigenvalue weighted by Gasteiger charge is -2.13. The molecule has 0 saturated carbocycles. The molecule has 0 heteroatoms. The molecule has 1 radical (unpaired) electrons. The van der Waals surface area contributed by atoms with Gasteiger partial charge >= 0.3 is 0 Å². The smallest absolute Gasteiger partial charge is 0.0417 e. The van der Waals surface area contributed by atoms with Gasteiger partial charge < -0.3 is 0 Å². The van der Waals surface area contributed by atoms with Crippen molar-refractivity contribution in [1.29, 1.82) is 0 Å². The Hall–Kier alpha value is 0. The minimum absolute atomic E-state index is 0.992. The lowest BCUT2D eigenvalue weighted by atomic mass is 9.93. The summed E-state index contributed by atoms with van der Waals surface area (Å²) in [7, 11) is 0. The first-order valence-electron chi connectivity index (χ1n) is 7.62. The molecule has 0 nitrogen and oxygen atoms in total. The van der Waals surface area contributed by atoms with E-state index in [0.29, 0.717) is 0 Å². The predicted molar refractivity (Wildman–Crippen MR) is 75.6 cm³/mol. The molecule has 0 fully saturated rings. The van der Waals surface area contributed by atoms with E-state index in [0.717, 1.165) is 5.92 Å². The summed E-state index contributed by atoms with van der Waals surface area (Å²) in [5.41, 5.74) is 0. The van der Waals surface area contributed by atoms with Crippen molar-refractivity contribution in [2.75, 3.05) is 0 Å². The Morgan fingerprint density at radius 2 is 1.44 bits per heavy atom. The molecule has 0 aliphatic rings. The van der Waals surface area contributed by atoms with Gasteiger partial charge in [0.05, 0.1) is 0 Å². The van der Waals surface area contributed by atoms with Crippen molar-refractivity contribution in [2.45, 2.75) is 91.4 Å². The highest BCUT2D eigenvalue weighted by molar-refractivity contribution is 4.63. The zero-order chi connectivity index (χ0) is 12.1. The largest absolute Gasteiger partial charge is 0.0654 e. The van der Waals surface area contributed by atoms with Crippen molar-refractivity contribution in [3.05, 3.63) is 6.42 Å². The lowest BCUT2D eigenvalue weighted by molar-refractivity contribution is 0.410. The second-order valence-corrected chi connectivity index (χ2v) is 5.17. The zero-order valence-corrected chi connectivity index (χ0v) is 11.9. The van der Waals surface area contributed by atoms with Crippen molar-refractivity contribution in [1.82, 2.24) is 0 Å². The minimum atomic E-state index is 0.992. The van der Waals surface area contributed by atoms with E-state index in [1.165, 1.54) is 70.6 Å². The molecule has 0 spiro atoms. The highest BCUT2D eigenvalue weighted by Crippen LogP contribution is 2.20. The Kier molecular flexibility index (Phi) is 13.1. The first kappa shape index (κ1) is 16.0. The Labute approximate surface area is 104 Å². The van der Waals surface area contributed by atoms with Crippen LogP contribution in [0.2, 0.25) is 0 Å². The van der Waals surface area contributed by atoms with Crippen LogP contribution in [0.4, 0.5) is 0 Å². The van der Waals surface area contributed by atoms with Crippen LogP contribution in [0.3, 0.4) is 0 Å². The van der Waals surface area contributed by atoms with E-state index in [-0.39, 0.29) is 0 Å². The van der Waals surface area contributed by atoms with Gasteiger partial charge in [-0.05, 0) is 12.3 Å². The monoisotopic (exact) mass is 225 g/mol. The van der Waals surface area contributed by atoms with Crippen LogP contribution in [-0.4, -0.2) is 0 Å². The molecule has 1 unspecified atom stereocenters. The molecule has 97 valence electrons. The zero-order valence-electron chi connectivity index (χ0n) is 11.9. The topological polar surface area (TPSA) is 0 Å². The number of unbranched alkanes of at least 4 members (excludes halogenated alkanes) is 7. The van der Waals surface area contributed by atoms with E-state index in [1.807, 2.05) is 0 Å². The summed E-state index contributed by atoms with van der Waals surface area (Å²) in [6.07, 6.45) is 18.0. The van der Waals surface area contributed by atoms with Gasteiger partial charge in [0.15, 0.2) is 0 Å². The summed E-state index contributed by atoms with van der Waals surface area (Å²) < 4.78 is 0. The quantitative estimate of drug-likeness (QED) is 0.349. The van der Waals surface area contributed by atoms with E-state index in [2.05, 4.69) is 27.2 Å². The summed E-state index contributed by atoms with van der Waals surface area (Å²) in [5, 5.41) is 0. The second-order valence-electron chi connectivity index (χ2n) is 5.17. The third kappa shape index (κ3) is 10.5. The molecule has 0 bridgehead atoms. The molecule has 0 aliphatic carbocycles. The SMILES string of the molecule is C[CH]CCC(CC)CCCCCCCCC. The molecule has 0 amide bonds. The van der Waals surface area contributed by atoms with E-state index >= 15 is 0 Å². The molecule has 0 aromatic carbocycles. The molecule has 0 rings (SSSR count). The van der Waals surface area contributed by atoms with Gasteiger partial charge in [0, 0.05) is 0 Å². The average molecular weight is 225 g/mol. The van der Waals surface area contributed by atoms with Crippen LogP contribution in [0, 0.1) is 12.3 Å². The standard InChI is InChI=1S/C16H33/c1-4-7-9-10-11-12-13-15-16(6-3)14-8-5-2/h5,16H,4,6-15H2,1-3H3. The van der Waals surface area contributed by atoms with Crippen LogP contribution >= 0.6 is 0 Å². The minimum Gasteiger partial charge on any atom is -0.0654 e.